The number of hydrogen-bond acceptors (Lipinski definition) is 4. The number of aromatic nitrogens is 2. The van der Waals surface area contributed by atoms with Crippen molar-refractivity contribution in [3.63, 3.8) is 0 Å². The summed E-state index contributed by atoms with van der Waals surface area (Å²) < 4.78 is 0. The molecule has 0 saturated carbocycles. The van der Waals surface area contributed by atoms with Crippen LogP contribution in [0.5, 0.6) is 0 Å². The Morgan fingerprint density at radius 2 is 2.00 bits per heavy atom. The van der Waals surface area contributed by atoms with Crippen LogP contribution in [0, 0.1) is 13.8 Å². The number of hydrogen-bond donors (Lipinski definition) is 1. The molecular formula is C13H13ClN4. The molecule has 5 heteroatoms. The fourth-order valence-corrected chi connectivity index (χ4v) is 1.61. The molecule has 0 saturated heterocycles. The van der Waals surface area contributed by atoms with Crippen molar-refractivity contribution in [1.29, 1.82) is 0 Å². The van der Waals surface area contributed by atoms with Gasteiger partial charge in [-0.15, -0.1) is 10.2 Å². The highest BCUT2D eigenvalue weighted by atomic mass is 35.5. The molecule has 0 aliphatic carbocycles. The number of aryl methyl sites for hydroxylation is 2. The van der Waals surface area contributed by atoms with Gasteiger partial charge in [0.25, 0.3) is 0 Å². The van der Waals surface area contributed by atoms with E-state index in [4.69, 9.17) is 11.6 Å². The summed E-state index contributed by atoms with van der Waals surface area (Å²) in [5.41, 5.74) is 6.28. The van der Waals surface area contributed by atoms with Gasteiger partial charge < -0.3 is 0 Å². The van der Waals surface area contributed by atoms with E-state index >= 15 is 0 Å². The summed E-state index contributed by atoms with van der Waals surface area (Å²) in [4.78, 5) is 0. The van der Waals surface area contributed by atoms with Crippen LogP contribution >= 0.6 is 11.6 Å². The summed E-state index contributed by atoms with van der Waals surface area (Å²) in [6.07, 6.45) is 1.76. The maximum atomic E-state index is 5.64. The summed E-state index contributed by atoms with van der Waals surface area (Å²) in [5, 5.41) is 12.0. The lowest BCUT2D eigenvalue weighted by Gasteiger charge is -2.01. The van der Waals surface area contributed by atoms with E-state index in [1.54, 1.807) is 18.3 Å². The first-order chi connectivity index (χ1) is 8.65. The van der Waals surface area contributed by atoms with Crippen LogP contribution < -0.4 is 5.43 Å². The third kappa shape index (κ3) is 3.28. The Bertz CT molecular complexity index is 564. The van der Waals surface area contributed by atoms with Crippen LogP contribution in [0.2, 0.25) is 5.15 Å². The molecule has 0 amide bonds. The Morgan fingerprint density at radius 1 is 1.17 bits per heavy atom. The Morgan fingerprint density at radius 3 is 2.67 bits per heavy atom. The average molecular weight is 261 g/mol. The summed E-state index contributed by atoms with van der Waals surface area (Å²) >= 11 is 5.64. The number of hydrazone groups is 1. The second-order valence-electron chi connectivity index (χ2n) is 3.97. The van der Waals surface area contributed by atoms with Crippen molar-refractivity contribution in [3.05, 3.63) is 52.2 Å². The fourth-order valence-electron chi connectivity index (χ4n) is 1.51. The maximum Gasteiger partial charge on any atom is 0.168 e. The van der Waals surface area contributed by atoms with E-state index in [1.807, 2.05) is 6.07 Å². The number of rotatable bonds is 3. The molecule has 4 nitrogen and oxygen atoms in total. The highest BCUT2D eigenvalue weighted by Crippen LogP contribution is 2.09. The lowest BCUT2D eigenvalue weighted by Crippen LogP contribution is -1.96. The van der Waals surface area contributed by atoms with Crippen molar-refractivity contribution in [2.24, 2.45) is 5.10 Å². The maximum absolute atomic E-state index is 5.64. The molecule has 1 heterocycles. The van der Waals surface area contributed by atoms with E-state index in [0.29, 0.717) is 11.0 Å². The van der Waals surface area contributed by atoms with Crippen LogP contribution in [-0.4, -0.2) is 16.4 Å². The molecular weight excluding hydrogens is 248 g/mol. The van der Waals surface area contributed by atoms with Crippen LogP contribution in [0.15, 0.2) is 35.4 Å². The Labute approximate surface area is 111 Å². The summed E-state index contributed by atoms with van der Waals surface area (Å²) in [5.74, 6) is 0.556. The van der Waals surface area contributed by atoms with Crippen LogP contribution in [0.3, 0.4) is 0 Å². The molecule has 0 aliphatic rings. The van der Waals surface area contributed by atoms with Crippen LogP contribution in [-0.2, 0) is 0 Å². The molecule has 18 heavy (non-hydrogen) atoms. The molecule has 2 aromatic rings. The average Bonchev–Trinajstić information content (AvgIpc) is 2.34. The highest BCUT2D eigenvalue weighted by Gasteiger charge is 1.95. The Kier molecular flexibility index (Phi) is 3.89. The van der Waals surface area contributed by atoms with Gasteiger partial charge in [0.1, 0.15) is 0 Å². The normalized spacial score (nSPS) is 10.8. The largest absolute Gasteiger partial charge is 0.260 e. The van der Waals surface area contributed by atoms with Gasteiger partial charge in [0.2, 0.25) is 0 Å². The molecule has 0 unspecified atom stereocenters. The van der Waals surface area contributed by atoms with Crippen molar-refractivity contribution in [2.75, 3.05) is 5.43 Å². The molecule has 2 rings (SSSR count). The van der Waals surface area contributed by atoms with Gasteiger partial charge in [0.15, 0.2) is 11.0 Å². The van der Waals surface area contributed by atoms with E-state index < -0.39 is 0 Å². The molecule has 1 aromatic carbocycles. The molecule has 0 bridgehead atoms. The molecule has 0 fully saturated rings. The lowest BCUT2D eigenvalue weighted by atomic mass is 10.1. The smallest absolute Gasteiger partial charge is 0.168 e. The van der Waals surface area contributed by atoms with Gasteiger partial charge in [-0.25, -0.2) is 0 Å². The first-order valence-electron chi connectivity index (χ1n) is 5.51. The molecule has 0 aliphatic heterocycles. The van der Waals surface area contributed by atoms with Gasteiger partial charge in [0.05, 0.1) is 6.21 Å². The standard InChI is InChI=1S/C13H13ClN4/c1-9-3-4-11(10(2)7-9)8-15-17-13-6-5-12(14)16-18-13/h3-8H,1-2H3,(H,17,18). The van der Waals surface area contributed by atoms with Crippen molar-refractivity contribution in [3.8, 4) is 0 Å². The number of anilines is 1. The fraction of sp³-hybridized carbons (Fsp3) is 0.154. The van der Waals surface area contributed by atoms with E-state index in [0.717, 1.165) is 5.56 Å². The quantitative estimate of drug-likeness (QED) is 0.681. The zero-order valence-electron chi connectivity index (χ0n) is 10.2. The lowest BCUT2D eigenvalue weighted by molar-refractivity contribution is 1.02. The van der Waals surface area contributed by atoms with Crippen LogP contribution in [0.1, 0.15) is 16.7 Å². The Balaban J connectivity index is 2.05. The van der Waals surface area contributed by atoms with Crippen LogP contribution in [0.25, 0.3) is 0 Å². The third-order valence-electron chi connectivity index (χ3n) is 2.44. The Hall–Kier alpha value is -1.94. The molecule has 92 valence electrons. The van der Waals surface area contributed by atoms with E-state index in [9.17, 15) is 0 Å². The summed E-state index contributed by atoms with van der Waals surface area (Å²) in [6, 6.07) is 9.57. The number of nitrogens with zero attached hydrogens (tertiary/aromatic N) is 3. The summed E-state index contributed by atoms with van der Waals surface area (Å²) in [6.45, 7) is 4.12. The van der Waals surface area contributed by atoms with Gasteiger partial charge in [-0.2, -0.15) is 5.10 Å². The third-order valence-corrected chi connectivity index (χ3v) is 2.64. The monoisotopic (exact) mass is 260 g/mol. The van der Waals surface area contributed by atoms with E-state index in [-0.39, 0.29) is 0 Å². The van der Waals surface area contributed by atoms with Crippen molar-refractivity contribution < 1.29 is 0 Å². The summed E-state index contributed by atoms with van der Waals surface area (Å²) in [7, 11) is 0. The van der Waals surface area contributed by atoms with Gasteiger partial charge in [-0.05, 0) is 37.1 Å². The second kappa shape index (κ2) is 5.60. The molecule has 1 N–H and O–H groups in total. The SMILES string of the molecule is Cc1ccc(C=NNc2ccc(Cl)nn2)c(C)c1. The number of halogens is 1. The topological polar surface area (TPSA) is 50.2 Å². The zero-order valence-corrected chi connectivity index (χ0v) is 10.9. The molecule has 0 spiro atoms. The first kappa shape index (κ1) is 12.5. The van der Waals surface area contributed by atoms with Crippen LogP contribution in [0.4, 0.5) is 5.82 Å². The predicted octanol–water partition coefficient (Wildman–Crippen LogP) is 3.19. The number of benzene rings is 1. The second-order valence-corrected chi connectivity index (χ2v) is 4.36. The predicted molar refractivity (Wildman–Crippen MR) is 74.2 cm³/mol. The zero-order chi connectivity index (χ0) is 13.0. The molecule has 0 radical (unpaired) electrons. The molecule has 0 atom stereocenters. The minimum atomic E-state index is 0.360. The minimum Gasteiger partial charge on any atom is -0.260 e. The van der Waals surface area contributed by atoms with E-state index in [2.05, 4.69) is 46.7 Å². The molecule has 1 aromatic heterocycles. The van der Waals surface area contributed by atoms with Gasteiger partial charge in [0, 0.05) is 0 Å². The number of nitrogens with one attached hydrogen (secondary N) is 1. The van der Waals surface area contributed by atoms with Crippen molar-refractivity contribution in [1.82, 2.24) is 10.2 Å². The van der Waals surface area contributed by atoms with Crippen molar-refractivity contribution in [2.45, 2.75) is 13.8 Å². The van der Waals surface area contributed by atoms with E-state index in [1.165, 1.54) is 11.1 Å². The highest BCUT2D eigenvalue weighted by molar-refractivity contribution is 6.29. The van der Waals surface area contributed by atoms with Crippen molar-refractivity contribution >= 4 is 23.6 Å². The first-order valence-corrected chi connectivity index (χ1v) is 5.88. The minimum absolute atomic E-state index is 0.360. The van der Waals surface area contributed by atoms with Gasteiger partial charge >= 0.3 is 0 Å². The van der Waals surface area contributed by atoms with Gasteiger partial charge in [-0.3, -0.25) is 5.43 Å². The van der Waals surface area contributed by atoms with Gasteiger partial charge in [-0.1, -0.05) is 35.4 Å².